The summed E-state index contributed by atoms with van der Waals surface area (Å²) in [5.41, 5.74) is 6.63. The Hall–Kier alpha value is -0.980. The van der Waals surface area contributed by atoms with Crippen molar-refractivity contribution in [3.8, 4) is 0 Å². The molecule has 2 rings (SSSR count). The summed E-state index contributed by atoms with van der Waals surface area (Å²) in [5, 5.41) is 3.43. The zero-order valence-electron chi connectivity index (χ0n) is 10.2. The van der Waals surface area contributed by atoms with E-state index < -0.39 is 6.04 Å². The molecule has 0 fully saturated rings. The number of nitrogens with zero attached hydrogens (tertiary/aromatic N) is 2. The van der Waals surface area contributed by atoms with Crippen LogP contribution in [0.2, 0.25) is 0 Å². The minimum absolute atomic E-state index is 0.177. The summed E-state index contributed by atoms with van der Waals surface area (Å²) < 4.78 is 0. The van der Waals surface area contributed by atoms with E-state index >= 15 is 0 Å². The third-order valence-corrected chi connectivity index (χ3v) is 3.90. The van der Waals surface area contributed by atoms with Crippen LogP contribution in [0, 0.1) is 0 Å². The largest absolute Gasteiger partial charge is 0.320 e. The summed E-state index contributed by atoms with van der Waals surface area (Å²) in [7, 11) is 0. The molecule has 1 aromatic rings. The summed E-state index contributed by atoms with van der Waals surface area (Å²) in [6.45, 7) is 6.87. The lowest BCUT2D eigenvalue weighted by Gasteiger charge is -2.23. The average Bonchev–Trinajstić information content (AvgIpc) is 2.69. The smallest absolute Gasteiger partial charge is 0.242 e. The van der Waals surface area contributed by atoms with Gasteiger partial charge in [0, 0.05) is 24.4 Å². The molecule has 0 unspecified atom stereocenters. The van der Waals surface area contributed by atoms with Crippen LogP contribution in [0.5, 0.6) is 0 Å². The Labute approximate surface area is 105 Å². The minimum Gasteiger partial charge on any atom is -0.320 e. The maximum absolute atomic E-state index is 11.5. The quantitative estimate of drug-likeness (QED) is 0.837. The molecule has 0 radical (unpaired) electrons. The molecule has 0 bridgehead atoms. The van der Waals surface area contributed by atoms with E-state index in [2.05, 4.69) is 22.1 Å². The highest BCUT2D eigenvalue weighted by atomic mass is 32.1. The Bertz CT molecular complexity index is 416. The SMILES string of the molecule is CCN1CCc2nc(NC(=O)[C@H](C)N)sc2C1. The second-order valence-electron chi connectivity index (χ2n) is 4.29. The predicted octanol–water partition coefficient (Wildman–Crippen LogP) is 0.807. The van der Waals surface area contributed by atoms with Gasteiger partial charge in [0.15, 0.2) is 5.13 Å². The fourth-order valence-electron chi connectivity index (χ4n) is 1.79. The molecule has 0 spiro atoms. The molecular formula is C11H18N4OS. The third-order valence-electron chi connectivity index (χ3n) is 2.90. The van der Waals surface area contributed by atoms with Crippen LogP contribution in [-0.2, 0) is 17.8 Å². The van der Waals surface area contributed by atoms with E-state index in [1.165, 1.54) is 4.88 Å². The lowest BCUT2D eigenvalue weighted by atomic mass is 10.2. The monoisotopic (exact) mass is 254 g/mol. The first kappa shape index (κ1) is 12.5. The van der Waals surface area contributed by atoms with Crippen molar-refractivity contribution in [2.24, 2.45) is 5.73 Å². The van der Waals surface area contributed by atoms with E-state index in [4.69, 9.17) is 5.73 Å². The van der Waals surface area contributed by atoms with Crippen LogP contribution >= 0.6 is 11.3 Å². The molecule has 0 aromatic carbocycles. The normalized spacial score (nSPS) is 17.6. The van der Waals surface area contributed by atoms with Crippen LogP contribution in [0.25, 0.3) is 0 Å². The number of anilines is 1. The van der Waals surface area contributed by atoms with Crippen molar-refractivity contribution in [3.05, 3.63) is 10.6 Å². The molecule has 0 aliphatic carbocycles. The molecular weight excluding hydrogens is 236 g/mol. The number of aromatic nitrogens is 1. The number of thiazole rings is 1. The molecule has 1 aromatic heterocycles. The second kappa shape index (κ2) is 5.12. The van der Waals surface area contributed by atoms with Crippen LogP contribution in [0.3, 0.4) is 0 Å². The molecule has 3 N–H and O–H groups in total. The Kier molecular flexibility index (Phi) is 3.76. The van der Waals surface area contributed by atoms with E-state index in [-0.39, 0.29) is 5.91 Å². The third kappa shape index (κ3) is 2.83. The highest BCUT2D eigenvalue weighted by Gasteiger charge is 2.20. The maximum Gasteiger partial charge on any atom is 0.242 e. The molecule has 5 nitrogen and oxygen atoms in total. The number of carbonyl (C=O) groups is 1. The highest BCUT2D eigenvalue weighted by Crippen LogP contribution is 2.28. The van der Waals surface area contributed by atoms with Crippen molar-refractivity contribution >= 4 is 22.4 Å². The van der Waals surface area contributed by atoms with Crippen molar-refractivity contribution in [1.29, 1.82) is 0 Å². The van der Waals surface area contributed by atoms with Crippen LogP contribution in [-0.4, -0.2) is 34.9 Å². The topological polar surface area (TPSA) is 71.2 Å². The van der Waals surface area contributed by atoms with Crippen LogP contribution in [0.15, 0.2) is 0 Å². The summed E-state index contributed by atoms with van der Waals surface area (Å²) in [6.07, 6.45) is 0.966. The molecule has 2 heterocycles. The molecule has 1 amide bonds. The fraction of sp³-hybridized carbons (Fsp3) is 0.636. The number of hydrogen-bond acceptors (Lipinski definition) is 5. The molecule has 0 saturated carbocycles. The fourth-order valence-corrected chi connectivity index (χ4v) is 2.84. The van der Waals surface area contributed by atoms with Crippen LogP contribution < -0.4 is 11.1 Å². The van der Waals surface area contributed by atoms with E-state index in [0.29, 0.717) is 5.13 Å². The van der Waals surface area contributed by atoms with Gasteiger partial charge in [-0.05, 0) is 13.5 Å². The number of carbonyl (C=O) groups excluding carboxylic acids is 1. The van der Waals surface area contributed by atoms with Gasteiger partial charge >= 0.3 is 0 Å². The number of likely N-dealkylation sites (N-methyl/N-ethyl adjacent to an activating group) is 1. The molecule has 17 heavy (non-hydrogen) atoms. The lowest BCUT2D eigenvalue weighted by molar-refractivity contribution is -0.117. The first-order valence-electron chi connectivity index (χ1n) is 5.87. The Balaban J connectivity index is 2.08. The van der Waals surface area contributed by atoms with E-state index in [9.17, 15) is 4.79 Å². The number of hydrogen-bond donors (Lipinski definition) is 2. The number of rotatable bonds is 3. The van der Waals surface area contributed by atoms with Crippen molar-refractivity contribution in [1.82, 2.24) is 9.88 Å². The summed E-state index contributed by atoms with van der Waals surface area (Å²) in [5.74, 6) is -0.177. The number of amides is 1. The summed E-state index contributed by atoms with van der Waals surface area (Å²) >= 11 is 1.56. The molecule has 0 saturated heterocycles. The number of nitrogens with one attached hydrogen (secondary N) is 1. The molecule has 94 valence electrons. The van der Waals surface area contributed by atoms with Crippen molar-refractivity contribution in [2.75, 3.05) is 18.4 Å². The van der Waals surface area contributed by atoms with Crippen molar-refractivity contribution in [3.63, 3.8) is 0 Å². The van der Waals surface area contributed by atoms with Crippen molar-refractivity contribution < 1.29 is 4.79 Å². The van der Waals surface area contributed by atoms with E-state index in [1.807, 2.05) is 0 Å². The highest BCUT2D eigenvalue weighted by molar-refractivity contribution is 7.15. The van der Waals surface area contributed by atoms with Crippen molar-refractivity contribution in [2.45, 2.75) is 32.9 Å². The Morgan fingerprint density at radius 2 is 2.47 bits per heavy atom. The van der Waals surface area contributed by atoms with Gasteiger partial charge in [-0.15, -0.1) is 11.3 Å². The van der Waals surface area contributed by atoms with Gasteiger partial charge in [0.25, 0.3) is 0 Å². The first-order valence-corrected chi connectivity index (χ1v) is 6.69. The van der Waals surface area contributed by atoms with Gasteiger partial charge in [0.2, 0.25) is 5.91 Å². The molecule has 6 heteroatoms. The standard InChI is InChI=1S/C11H18N4OS/c1-3-15-5-4-8-9(6-15)17-11(13-8)14-10(16)7(2)12/h7H,3-6,12H2,1-2H3,(H,13,14,16)/t7-/m0/s1. The first-order chi connectivity index (χ1) is 8.10. The van der Waals surface area contributed by atoms with Gasteiger partial charge < -0.3 is 11.1 Å². The van der Waals surface area contributed by atoms with Gasteiger partial charge in [-0.25, -0.2) is 4.98 Å². The number of fused-ring (bicyclic) bond motifs is 1. The Morgan fingerprint density at radius 3 is 3.12 bits per heavy atom. The van der Waals surface area contributed by atoms with Gasteiger partial charge in [-0.1, -0.05) is 6.92 Å². The van der Waals surface area contributed by atoms with Gasteiger partial charge in [-0.3, -0.25) is 9.69 Å². The van der Waals surface area contributed by atoms with Crippen LogP contribution in [0.4, 0.5) is 5.13 Å². The lowest BCUT2D eigenvalue weighted by Crippen LogP contribution is -2.32. The van der Waals surface area contributed by atoms with Gasteiger partial charge in [0.1, 0.15) is 0 Å². The van der Waals surface area contributed by atoms with Crippen LogP contribution in [0.1, 0.15) is 24.4 Å². The summed E-state index contributed by atoms with van der Waals surface area (Å²) in [6, 6.07) is -0.497. The molecule has 1 aliphatic heterocycles. The number of nitrogens with two attached hydrogens (primary N) is 1. The maximum atomic E-state index is 11.5. The molecule has 1 atom stereocenters. The zero-order chi connectivity index (χ0) is 12.4. The summed E-state index contributed by atoms with van der Waals surface area (Å²) in [4.78, 5) is 19.5. The van der Waals surface area contributed by atoms with E-state index in [1.54, 1.807) is 18.3 Å². The zero-order valence-corrected chi connectivity index (χ0v) is 11.0. The van der Waals surface area contributed by atoms with E-state index in [0.717, 1.165) is 31.7 Å². The average molecular weight is 254 g/mol. The second-order valence-corrected chi connectivity index (χ2v) is 5.37. The minimum atomic E-state index is -0.497. The van der Waals surface area contributed by atoms with Gasteiger partial charge in [0.05, 0.1) is 11.7 Å². The molecule has 1 aliphatic rings. The van der Waals surface area contributed by atoms with Gasteiger partial charge in [-0.2, -0.15) is 0 Å². The predicted molar refractivity (Wildman–Crippen MR) is 69.0 cm³/mol. The Morgan fingerprint density at radius 1 is 1.71 bits per heavy atom.